The molecule has 0 amide bonds. The smallest absolute Gasteiger partial charge is 0.198 e. The van der Waals surface area contributed by atoms with Crippen LogP contribution in [0.1, 0.15) is 24.1 Å². The molecule has 17 heavy (non-hydrogen) atoms. The minimum Gasteiger partial charge on any atom is -0.445 e. The minimum absolute atomic E-state index is 0.0892. The predicted octanol–water partition coefficient (Wildman–Crippen LogP) is 2.81. The number of oxazole rings is 1. The van der Waals surface area contributed by atoms with Gasteiger partial charge in [0.1, 0.15) is 5.76 Å². The third kappa shape index (κ3) is 3.58. The van der Waals surface area contributed by atoms with Gasteiger partial charge in [-0.2, -0.15) is 0 Å². The summed E-state index contributed by atoms with van der Waals surface area (Å²) in [6.45, 7) is 1.95. The fourth-order valence-electron chi connectivity index (χ4n) is 1.62. The standard InChI is InChI=1S/C13H15ClN2O/c1-9(15)6-12-8-16-13(17-12)7-10-2-4-11(14)5-3-10/h2-5,8-9H,6-7,15H2,1H3. The highest BCUT2D eigenvalue weighted by Gasteiger charge is 2.06. The van der Waals surface area contributed by atoms with Crippen molar-refractivity contribution < 1.29 is 4.42 Å². The van der Waals surface area contributed by atoms with E-state index in [1.54, 1.807) is 6.20 Å². The van der Waals surface area contributed by atoms with E-state index in [4.69, 9.17) is 21.8 Å². The Kier molecular flexibility index (Phi) is 3.82. The van der Waals surface area contributed by atoms with Gasteiger partial charge in [-0.05, 0) is 24.6 Å². The van der Waals surface area contributed by atoms with E-state index in [2.05, 4.69) is 4.98 Å². The lowest BCUT2D eigenvalue weighted by Crippen LogP contribution is -2.17. The number of nitrogens with zero attached hydrogens (tertiary/aromatic N) is 1. The van der Waals surface area contributed by atoms with Crippen LogP contribution >= 0.6 is 11.6 Å². The molecule has 1 atom stereocenters. The summed E-state index contributed by atoms with van der Waals surface area (Å²) in [5, 5.41) is 0.735. The zero-order valence-electron chi connectivity index (χ0n) is 9.69. The van der Waals surface area contributed by atoms with E-state index in [1.807, 2.05) is 31.2 Å². The molecule has 0 radical (unpaired) electrons. The van der Waals surface area contributed by atoms with Crippen LogP contribution in [0.5, 0.6) is 0 Å². The average molecular weight is 251 g/mol. The first-order valence-corrected chi connectivity index (χ1v) is 5.95. The van der Waals surface area contributed by atoms with E-state index in [-0.39, 0.29) is 6.04 Å². The van der Waals surface area contributed by atoms with Crippen molar-refractivity contribution in [2.24, 2.45) is 5.73 Å². The molecule has 0 spiro atoms. The summed E-state index contributed by atoms with van der Waals surface area (Å²) in [5.41, 5.74) is 6.83. The Balaban J connectivity index is 2.03. The third-order valence-electron chi connectivity index (χ3n) is 2.39. The van der Waals surface area contributed by atoms with Crippen molar-refractivity contribution >= 4 is 11.6 Å². The zero-order chi connectivity index (χ0) is 12.3. The average Bonchev–Trinajstić information content (AvgIpc) is 2.68. The van der Waals surface area contributed by atoms with Crippen LogP contribution in [0.25, 0.3) is 0 Å². The van der Waals surface area contributed by atoms with Gasteiger partial charge in [0, 0.05) is 23.9 Å². The molecule has 1 unspecified atom stereocenters. The van der Waals surface area contributed by atoms with Gasteiger partial charge in [0.05, 0.1) is 6.20 Å². The van der Waals surface area contributed by atoms with Gasteiger partial charge in [-0.15, -0.1) is 0 Å². The number of nitrogens with two attached hydrogens (primary N) is 1. The van der Waals surface area contributed by atoms with Gasteiger partial charge in [0.15, 0.2) is 5.89 Å². The summed E-state index contributed by atoms with van der Waals surface area (Å²) in [6, 6.07) is 7.76. The zero-order valence-corrected chi connectivity index (χ0v) is 10.4. The van der Waals surface area contributed by atoms with Crippen LogP contribution in [-0.4, -0.2) is 11.0 Å². The molecule has 1 heterocycles. The molecule has 4 heteroatoms. The second-order valence-electron chi connectivity index (χ2n) is 4.20. The first kappa shape index (κ1) is 12.1. The molecule has 90 valence electrons. The summed E-state index contributed by atoms with van der Waals surface area (Å²) in [7, 11) is 0. The Morgan fingerprint density at radius 2 is 2.06 bits per heavy atom. The van der Waals surface area contributed by atoms with Gasteiger partial charge in [0.25, 0.3) is 0 Å². The summed E-state index contributed by atoms with van der Waals surface area (Å²) in [4.78, 5) is 4.23. The fraction of sp³-hybridized carbons (Fsp3) is 0.308. The number of halogens is 1. The number of aromatic nitrogens is 1. The summed E-state index contributed by atoms with van der Waals surface area (Å²) < 4.78 is 5.60. The molecule has 1 aromatic heterocycles. The van der Waals surface area contributed by atoms with Crippen molar-refractivity contribution in [2.45, 2.75) is 25.8 Å². The predicted molar refractivity (Wildman–Crippen MR) is 68.1 cm³/mol. The van der Waals surface area contributed by atoms with Crippen molar-refractivity contribution in [1.82, 2.24) is 4.98 Å². The van der Waals surface area contributed by atoms with Crippen molar-refractivity contribution in [3.63, 3.8) is 0 Å². The van der Waals surface area contributed by atoms with Crippen LogP contribution in [0.2, 0.25) is 5.02 Å². The third-order valence-corrected chi connectivity index (χ3v) is 2.65. The Morgan fingerprint density at radius 1 is 1.35 bits per heavy atom. The highest BCUT2D eigenvalue weighted by Crippen LogP contribution is 2.14. The maximum absolute atomic E-state index is 5.82. The molecule has 0 aliphatic heterocycles. The Labute approximate surface area is 106 Å². The first-order chi connectivity index (χ1) is 8.13. The second kappa shape index (κ2) is 5.34. The second-order valence-corrected chi connectivity index (χ2v) is 4.64. The van der Waals surface area contributed by atoms with Crippen molar-refractivity contribution in [3.05, 3.63) is 52.7 Å². The molecule has 3 nitrogen and oxygen atoms in total. The lowest BCUT2D eigenvalue weighted by atomic mass is 10.1. The molecule has 1 aromatic carbocycles. The monoisotopic (exact) mass is 250 g/mol. The normalized spacial score (nSPS) is 12.6. The Bertz CT molecular complexity index is 476. The molecule has 0 saturated heterocycles. The van der Waals surface area contributed by atoms with Gasteiger partial charge < -0.3 is 10.2 Å². The largest absolute Gasteiger partial charge is 0.445 e. The van der Waals surface area contributed by atoms with E-state index < -0.39 is 0 Å². The molecule has 2 rings (SSSR count). The van der Waals surface area contributed by atoms with E-state index in [0.717, 1.165) is 16.3 Å². The number of hydrogen-bond acceptors (Lipinski definition) is 3. The molecular weight excluding hydrogens is 236 g/mol. The Hall–Kier alpha value is -1.32. The van der Waals surface area contributed by atoms with Crippen LogP contribution < -0.4 is 5.73 Å². The van der Waals surface area contributed by atoms with Crippen molar-refractivity contribution in [1.29, 1.82) is 0 Å². The van der Waals surface area contributed by atoms with E-state index in [0.29, 0.717) is 18.7 Å². The topological polar surface area (TPSA) is 52.0 Å². The molecule has 0 bridgehead atoms. The summed E-state index contributed by atoms with van der Waals surface area (Å²) in [6.07, 6.45) is 3.14. The van der Waals surface area contributed by atoms with E-state index >= 15 is 0 Å². The van der Waals surface area contributed by atoms with Crippen LogP contribution in [0.3, 0.4) is 0 Å². The van der Waals surface area contributed by atoms with Gasteiger partial charge in [0.2, 0.25) is 0 Å². The van der Waals surface area contributed by atoms with Gasteiger partial charge >= 0.3 is 0 Å². The maximum atomic E-state index is 5.82. The summed E-state index contributed by atoms with van der Waals surface area (Å²) >= 11 is 5.82. The lowest BCUT2D eigenvalue weighted by molar-refractivity contribution is 0.452. The minimum atomic E-state index is 0.0892. The number of rotatable bonds is 4. The van der Waals surface area contributed by atoms with Crippen molar-refractivity contribution in [2.75, 3.05) is 0 Å². The van der Waals surface area contributed by atoms with Crippen LogP contribution in [-0.2, 0) is 12.8 Å². The SMILES string of the molecule is CC(N)Cc1cnc(Cc2ccc(Cl)cc2)o1. The van der Waals surface area contributed by atoms with Gasteiger partial charge in [-0.3, -0.25) is 0 Å². The van der Waals surface area contributed by atoms with Crippen LogP contribution in [0, 0.1) is 0 Å². The molecule has 2 aromatic rings. The van der Waals surface area contributed by atoms with Crippen molar-refractivity contribution in [3.8, 4) is 0 Å². The first-order valence-electron chi connectivity index (χ1n) is 5.57. The van der Waals surface area contributed by atoms with Gasteiger partial charge in [-0.25, -0.2) is 4.98 Å². The van der Waals surface area contributed by atoms with E-state index in [9.17, 15) is 0 Å². The van der Waals surface area contributed by atoms with Crippen LogP contribution in [0.4, 0.5) is 0 Å². The number of hydrogen-bond donors (Lipinski definition) is 1. The molecule has 2 N–H and O–H groups in total. The highest BCUT2D eigenvalue weighted by molar-refractivity contribution is 6.30. The molecule has 0 fully saturated rings. The molecule has 0 saturated carbocycles. The maximum Gasteiger partial charge on any atom is 0.198 e. The summed E-state index contributed by atoms with van der Waals surface area (Å²) in [5.74, 6) is 1.55. The van der Waals surface area contributed by atoms with E-state index in [1.165, 1.54) is 0 Å². The quantitative estimate of drug-likeness (QED) is 0.908. The molecule has 0 aliphatic rings. The number of benzene rings is 1. The molecular formula is C13H15ClN2O. The molecule has 0 aliphatic carbocycles. The highest BCUT2D eigenvalue weighted by atomic mass is 35.5. The lowest BCUT2D eigenvalue weighted by Gasteiger charge is -2.00. The van der Waals surface area contributed by atoms with Gasteiger partial charge in [-0.1, -0.05) is 23.7 Å². The Morgan fingerprint density at radius 3 is 2.71 bits per heavy atom. The van der Waals surface area contributed by atoms with Crippen LogP contribution in [0.15, 0.2) is 34.9 Å². The fourth-order valence-corrected chi connectivity index (χ4v) is 1.74.